The zero-order valence-corrected chi connectivity index (χ0v) is 8.03. The third kappa shape index (κ3) is 1.74. The molecule has 0 fully saturated rings. The lowest BCUT2D eigenvalue weighted by Gasteiger charge is -1.98. The molecule has 2 heterocycles. The molecule has 0 saturated heterocycles. The number of nitrogens with one attached hydrogen (secondary N) is 2. The van der Waals surface area contributed by atoms with Gasteiger partial charge >= 0.3 is 5.97 Å². The van der Waals surface area contributed by atoms with Crippen molar-refractivity contribution in [3.8, 4) is 0 Å². The molecule has 2 N–H and O–H groups in total. The van der Waals surface area contributed by atoms with Crippen molar-refractivity contribution in [1.82, 2.24) is 15.0 Å². The fourth-order valence-corrected chi connectivity index (χ4v) is 1.29. The third-order valence-electron chi connectivity index (χ3n) is 1.98. The van der Waals surface area contributed by atoms with E-state index in [0.717, 1.165) is 0 Å². The second kappa shape index (κ2) is 3.56. The van der Waals surface area contributed by atoms with E-state index >= 15 is 0 Å². The first-order valence-corrected chi connectivity index (χ1v) is 4.35. The van der Waals surface area contributed by atoms with Crippen molar-refractivity contribution in [3.63, 3.8) is 0 Å². The Morgan fingerprint density at radius 3 is 3.07 bits per heavy atom. The van der Waals surface area contributed by atoms with E-state index in [4.69, 9.17) is 4.74 Å². The zero-order chi connectivity index (χ0) is 10.8. The molecular weight excluding hydrogens is 198 g/mol. The van der Waals surface area contributed by atoms with Crippen LogP contribution in [0.2, 0.25) is 0 Å². The summed E-state index contributed by atoms with van der Waals surface area (Å²) in [6.45, 7) is 1.45. The Morgan fingerprint density at radius 1 is 1.53 bits per heavy atom. The first-order valence-electron chi connectivity index (χ1n) is 4.35. The van der Waals surface area contributed by atoms with Gasteiger partial charge in [-0.25, -0.2) is 4.98 Å². The SMILES string of the molecule is CC(=O)OCc1c[nH]c2c(=O)[nH]cnc12. The Balaban J connectivity index is 2.41. The molecule has 0 aliphatic heterocycles. The average molecular weight is 207 g/mol. The first kappa shape index (κ1) is 9.45. The number of aromatic amines is 2. The van der Waals surface area contributed by atoms with Gasteiger partial charge in [-0.15, -0.1) is 0 Å². The molecule has 0 bridgehead atoms. The zero-order valence-electron chi connectivity index (χ0n) is 8.03. The molecule has 0 saturated carbocycles. The number of carbonyl (C=O) groups excluding carboxylic acids is 1. The summed E-state index contributed by atoms with van der Waals surface area (Å²) in [5.41, 5.74) is 1.36. The van der Waals surface area contributed by atoms with Gasteiger partial charge in [0.2, 0.25) is 0 Å². The number of H-pyrrole nitrogens is 2. The molecule has 0 atom stereocenters. The second-order valence-electron chi connectivity index (χ2n) is 3.05. The molecule has 2 aromatic heterocycles. The molecule has 0 spiro atoms. The van der Waals surface area contributed by atoms with E-state index in [2.05, 4.69) is 15.0 Å². The van der Waals surface area contributed by atoms with Crippen molar-refractivity contribution in [1.29, 1.82) is 0 Å². The Bertz CT molecular complexity index is 555. The average Bonchev–Trinajstić information content (AvgIpc) is 2.59. The highest BCUT2D eigenvalue weighted by Crippen LogP contribution is 2.12. The van der Waals surface area contributed by atoms with E-state index in [9.17, 15) is 9.59 Å². The van der Waals surface area contributed by atoms with Crippen LogP contribution in [0.1, 0.15) is 12.5 Å². The maximum atomic E-state index is 11.3. The van der Waals surface area contributed by atoms with E-state index in [-0.39, 0.29) is 18.1 Å². The van der Waals surface area contributed by atoms with Gasteiger partial charge in [-0.3, -0.25) is 9.59 Å². The normalized spacial score (nSPS) is 10.5. The highest BCUT2D eigenvalue weighted by Gasteiger charge is 2.08. The molecule has 2 rings (SSSR count). The van der Waals surface area contributed by atoms with Crippen LogP contribution in [0.3, 0.4) is 0 Å². The lowest BCUT2D eigenvalue weighted by Crippen LogP contribution is -2.06. The summed E-state index contributed by atoms with van der Waals surface area (Å²) in [4.78, 5) is 31.1. The number of nitrogens with zero attached hydrogens (tertiary/aromatic N) is 1. The van der Waals surface area contributed by atoms with E-state index in [1.165, 1.54) is 13.3 Å². The lowest BCUT2D eigenvalue weighted by molar-refractivity contribution is -0.142. The third-order valence-corrected chi connectivity index (χ3v) is 1.98. The van der Waals surface area contributed by atoms with Crippen LogP contribution in [-0.2, 0) is 16.1 Å². The summed E-state index contributed by atoms with van der Waals surface area (Å²) < 4.78 is 4.82. The number of esters is 1. The minimum atomic E-state index is -0.366. The topological polar surface area (TPSA) is 87.8 Å². The number of hydrogen-bond acceptors (Lipinski definition) is 4. The molecule has 0 aliphatic rings. The molecule has 0 radical (unpaired) electrons. The summed E-state index contributed by atoms with van der Waals surface area (Å²) in [5, 5.41) is 0. The van der Waals surface area contributed by atoms with Crippen molar-refractivity contribution < 1.29 is 9.53 Å². The van der Waals surface area contributed by atoms with Crippen molar-refractivity contribution in [2.75, 3.05) is 0 Å². The fraction of sp³-hybridized carbons (Fsp3) is 0.222. The number of aromatic nitrogens is 3. The molecular formula is C9H9N3O3. The minimum absolute atomic E-state index is 0.117. The Kier molecular flexibility index (Phi) is 2.24. The summed E-state index contributed by atoms with van der Waals surface area (Å²) in [7, 11) is 0. The van der Waals surface area contributed by atoms with Gasteiger partial charge < -0.3 is 14.7 Å². The fourth-order valence-electron chi connectivity index (χ4n) is 1.29. The number of carbonyl (C=O) groups is 1. The summed E-state index contributed by atoms with van der Waals surface area (Å²) in [6, 6.07) is 0. The molecule has 6 heteroatoms. The maximum Gasteiger partial charge on any atom is 0.302 e. The number of rotatable bonds is 2. The van der Waals surface area contributed by atoms with E-state index in [1.54, 1.807) is 6.20 Å². The van der Waals surface area contributed by atoms with Crippen LogP contribution < -0.4 is 5.56 Å². The predicted molar refractivity (Wildman–Crippen MR) is 52.2 cm³/mol. The standard InChI is InChI=1S/C9H9N3O3/c1-5(13)15-3-6-2-10-8-7(6)11-4-12-9(8)14/h2,4,10H,3H2,1H3,(H,11,12,14). The maximum absolute atomic E-state index is 11.3. The van der Waals surface area contributed by atoms with Gasteiger partial charge in [-0.1, -0.05) is 0 Å². The van der Waals surface area contributed by atoms with Crippen LogP contribution >= 0.6 is 0 Å². The summed E-state index contributed by atoms with van der Waals surface area (Å²) in [5.74, 6) is -0.366. The molecule has 78 valence electrons. The smallest absolute Gasteiger partial charge is 0.302 e. The van der Waals surface area contributed by atoms with Gasteiger partial charge in [0.05, 0.1) is 6.33 Å². The quantitative estimate of drug-likeness (QED) is 0.694. The van der Waals surface area contributed by atoms with Gasteiger partial charge in [0, 0.05) is 18.7 Å². The first-order chi connectivity index (χ1) is 7.18. The van der Waals surface area contributed by atoms with Crippen LogP contribution in [0, 0.1) is 0 Å². The van der Waals surface area contributed by atoms with Crippen molar-refractivity contribution in [3.05, 3.63) is 28.4 Å². The Morgan fingerprint density at radius 2 is 2.33 bits per heavy atom. The van der Waals surface area contributed by atoms with Gasteiger partial charge in [0.25, 0.3) is 5.56 Å². The van der Waals surface area contributed by atoms with E-state index < -0.39 is 0 Å². The highest BCUT2D eigenvalue weighted by molar-refractivity contribution is 5.77. The minimum Gasteiger partial charge on any atom is -0.461 e. The van der Waals surface area contributed by atoms with Gasteiger partial charge in [0.1, 0.15) is 17.6 Å². The van der Waals surface area contributed by atoms with Crippen molar-refractivity contribution in [2.24, 2.45) is 0 Å². The van der Waals surface area contributed by atoms with Crippen LogP contribution in [0.15, 0.2) is 17.3 Å². The van der Waals surface area contributed by atoms with Gasteiger partial charge in [-0.05, 0) is 0 Å². The van der Waals surface area contributed by atoms with E-state index in [1.807, 2.05) is 0 Å². The molecule has 6 nitrogen and oxygen atoms in total. The molecule has 0 aliphatic carbocycles. The highest BCUT2D eigenvalue weighted by atomic mass is 16.5. The van der Waals surface area contributed by atoms with Crippen molar-refractivity contribution in [2.45, 2.75) is 13.5 Å². The number of hydrogen-bond donors (Lipinski definition) is 2. The molecule has 0 aromatic carbocycles. The molecule has 15 heavy (non-hydrogen) atoms. The lowest BCUT2D eigenvalue weighted by atomic mass is 10.3. The van der Waals surface area contributed by atoms with Crippen LogP contribution in [0.4, 0.5) is 0 Å². The Labute approximate surface area is 84.3 Å². The molecule has 0 unspecified atom stereocenters. The van der Waals surface area contributed by atoms with Crippen LogP contribution in [-0.4, -0.2) is 20.9 Å². The monoisotopic (exact) mass is 207 g/mol. The largest absolute Gasteiger partial charge is 0.461 e. The van der Waals surface area contributed by atoms with Gasteiger partial charge in [-0.2, -0.15) is 0 Å². The Hall–Kier alpha value is -2.11. The summed E-state index contributed by atoms with van der Waals surface area (Å²) >= 11 is 0. The predicted octanol–water partition coefficient (Wildman–Crippen LogP) is 0.314. The summed E-state index contributed by atoms with van der Waals surface area (Å²) in [6.07, 6.45) is 2.92. The molecule has 0 amide bonds. The van der Waals surface area contributed by atoms with E-state index in [0.29, 0.717) is 16.6 Å². The van der Waals surface area contributed by atoms with Crippen molar-refractivity contribution >= 4 is 17.0 Å². The van der Waals surface area contributed by atoms with Crippen LogP contribution in [0.25, 0.3) is 11.0 Å². The van der Waals surface area contributed by atoms with Crippen LogP contribution in [0.5, 0.6) is 0 Å². The van der Waals surface area contributed by atoms with Gasteiger partial charge in [0.15, 0.2) is 0 Å². The number of ether oxygens (including phenoxy) is 1. The number of fused-ring (bicyclic) bond motifs is 1. The molecule has 2 aromatic rings. The second-order valence-corrected chi connectivity index (χ2v) is 3.05.